The molecule has 0 amide bonds. The summed E-state index contributed by atoms with van der Waals surface area (Å²) in [4.78, 5) is 53.8. The number of fused-ring (bicyclic) bond motifs is 3. The van der Waals surface area contributed by atoms with E-state index in [9.17, 15) is 19.2 Å². The maximum absolute atomic E-state index is 14.4. The predicted molar refractivity (Wildman–Crippen MR) is 164 cm³/mol. The Morgan fingerprint density at radius 1 is 0.721 bits per heavy atom. The quantitative estimate of drug-likeness (QED) is 0.131. The van der Waals surface area contributed by atoms with Crippen LogP contribution >= 0.6 is 6.89 Å². The number of methoxy groups -OCH3 is 2. The Morgan fingerprint density at radius 3 is 1.74 bits per heavy atom. The van der Waals surface area contributed by atoms with Crippen LogP contribution in [0.4, 0.5) is 0 Å². The Morgan fingerprint density at radius 2 is 1.26 bits per heavy atom. The molecule has 1 aliphatic heterocycles. The van der Waals surface area contributed by atoms with Crippen molar-refractivity contribution in [2.24, 2.45) is 0 Å². The Labute approximate surface area is 246 Å². The summed E-state index contributed by atoms with van der Waals surface area (Å²) in [6.45, 7) is -3.16. The van der Waals surface area contributed by atoms with E-state index >= 15 is 0 Å². The second kappa shape index (κ2) is 11.2. The van der Waals surface area contributed by atoms with Gasteiger partial charge in [-0.15, -0.1) is 0 Å². The van der Waals surface area contributed by atoms with E-state index in [0.29, 0.717) is 0 Å². The maximum Gasteiger partial charge on any atom is 0.341 e. The van der Waals surface area contributed by atoms with Crippen molar-refractivity contribution in [1.29, 1.82) is 0 Å². The van der Waals surface area contributed by atoms with Gasteiger partial charge in [0.1, 0.15) is 17.3 Å². The molecular formula is C34H25O8P. The van der Waals surface area contributed by atoms with Gasteiger partial charge in [0, 0.05) is 11.5 Å². The van der Waals surface area contributed by atoms with Gasteiger partial charge in [0.25, 0.3) is 0 Å². The number of hydrogen-bond acceptors (Lipinski definition) is 8. The van der Waals surface area contributed by atoms with Gasteiger partial charge in [0.2, 0.25) is 0 Å². The predicted octanol–water partition coefficient (Wildman–Crippen LogP) is 3.92. The smallest absolute Gasteiger partial charge is 0.341 e. The fourth-order valence-corrected chi connectivity index (χ4v) is 10.3. The van der Waals surface area contributed by atoms with E-state index in [4.69, 9.17) is 18.6 Å². The van der Waals surface area contributed by atoms with Crippen molar-refractivity contribution in [1.82, 2.24) is 0 Å². The fraction of sp³-hybridized carbons (Fsp3) is 0.0882. The molecular weight excluding hydrogens is 567 g/mol. The molecule has 5 aromatic rings. The molecule has 8 nitrogen and oxygen atoms in total. The number of carbonyl (C=O) groups is 3. The zero-order chi connectivity index (χ0) is 30.1. The van der Waals surface area contributed by atoms with Gasteiger partial charge in [0.05, 0.1) is 30.6 Å². The number of benzene rings is 4. The summed E-state index contributed by atoms with van der Waals surface area (Å²) >= 11 is 0. The van der Waals surface area contributed by atoms with Crippen molar-refractivity contribution >= 4 is 57.0 Å². The highest BCUT2D eigenvalue weighted by atomic mass is 31.2. The molecule has 1 unspecified atom stereocenters. The van der Waals surface area contributed by atoms with Gasteiger partial charge in [-0.25, -0.2) is 14.4 Å². The van der Waals surface area contributed by atoms with Crippen LogP contribution in [0, 0.1) is 0 Å². The van der Waals surface area contributed by atoms with Crippen LogP contribution in [0.15, 0.2) is 118 Å². The monoisotopic (exact) mass is 592 g/mol. The minimum absolute atomic E-state index is 0.0223. The topological polar surface area (TPSA) is 109 Å². The molecule has 0 fully saturated rings. The zero-order valence-electron chi connectivity index (χ0n) is 23.2. The first kappa shape index (κ1) is 27.9. The summed E-state index contributed by atoms with van der Waals surface area (Å²) < 4.78 is 21.9. The van der Waals surface area contributed by atoms with E-state index in [0.717, 1.165) is 22.0 Å². The number of ether oxygens (including phenoxy) is 3. The third-order valence-corrected chi connectivity index (χ3v) is 11.9. The molecule has 0 saturated heterocycles. The molecule has 0 bridgehead atoms. The SMILES string of the molecule is COC(=O)c1cc(=O)oc2c3c(ccc12)OC(=O)C(=P(c1ccccc1)(c1ccccc1)c1ccccc1)C3C(=O)OC. The van der Waals surface area contributed by atoms with E-state index in [1.165, 1.54) is 26.4 Å². The van der Waals surface area contributed by atoms with Crippen LogP contribution in [0.25, 0.3) is 11.0 Å². The molecule has 9 heteroatoms. The van der Waals surface area contributed by atoms with Crippen molar-refractivity contribution in [2.75, 3.05) is 14.2 Å². The summed E-state index contributed by atoms with van der Waals surface area (Å²) in [5.74, 6) is -3.55. The van der Waals surface area contributed by atoms with Crippen LogP contribution in [0.3, 0.4) is 0 Å². The number of rotatable bonds is 5. The lowest BCUT2D eigenvalue weighted by molar-refractivity contribution is -0.142. The molecule has 43 heavy (non-hydrogen) atoms. The standard InChI is InChI=1S/C34H25O8P/c1-39-32(36)25-20-27(35)42-30-24(25)18-19-26-28(30)29(33(37)40-2)31(34(38)41-26)43(21-12-6-3-7-13-21,22-14-8-4-9-15-22)23-16-10-5-11-17-23/h3-20,29H,1-2H3. The van der Waals surface area contributed by atoms with Gasteiger partial charge < -0.3 is 18.6 Å². The van der Waals surface area contributed by atoms with Crippen molar-refractivity contribution < 1.29 is 33.0 Å². The second-order valence-electron chi connectivity index (χ2n) is 9.73. The average Bonchev–Trinajstić information content (AvgIpc) is 3.05. The molecule has 1 aromatic heterocycles. The summed E-state index contributed by atoms with van der Waals surface area (Å²) in [5.41, 5.74) is -0.834. The Hall–Kier alpha value is -5.20. The van der Waals surface area contributed by atoms with E-state index < -0.39 is 36.3 Å². The third-order valence-electron chi connectivity index (χ3n) is 7.52. The number of carbonyl (C=O) groups excluding carboxylic acids is 3. The van der Waals surface area contributed by atoms with Gasteiger partial charge in [-0.3, -0.25) is 4.79 Å². The summed E-state index contributed by atoms with van der Waals surface area (Å²) in [6, 6.07) is 32.5. The zero-order valence-corrected chi connectivity index (χ0v) is 24.1. The first-order valence-electron chi connectivity index (χ1n) is 13.3. The number of hydrogen-bond donors (Lipinski definition) is 0. The summed E-state index contributed by atoms with van der Waals surface area (Å²) in [6.07, 6.45) is 0. The highest BCUT2D eigenvalue weighted by Crippen LogP contribution is 2.52. The van der Waals surface area contributed by atoms with Gasteiger partial charge in [-0.1, -0.05) is 91.0 Å². The third kappa shape index (κ3) is 4.47. The van der Waals surface area contributed by atoms with Crippen molar-refractivity contribution in [3.05, 3.63) is 131 Å². The van der Waals surface area contributed by atoms with Crippen molar-refractivity contribution in [3.63, 3.8) is 0 Å². The van der Waals surface area contributed by atoms with Crippen LogP contribution in [0.2, 0.25) is 0 Å². The van der Waals surface area contributed by atoms with Crippen molar-refractivity contribution in [3.8, 4) is 5.75 Å². The largest absolute Gasteiger partial charge is 0.468 e. The lowest BCUT2D eigenvalue weighted by Gasteiger charge is -2.36. The molecule has 4 aromatic carbocycles. The number of esters is 3. The molecule has 0 aliphatic carbocycles. The average molecular weight is 593 g/mol. The first-order valence-corrected chi connectivity index (χ1v) is 15.1. The molecule has 0 N–H and O–H groups in total. The normalized spacial score (nSPS) is 14.5. The molecule has 0 saturated carbocycles. The Kier molecular flexibility index (Phi) is 7.30. The van der Waals surface area contributed by atoms with Crippen LogP contribution in [-0.2, 0) is 19.1 Å². The minimum Gasteiger partial charge on any atom is -0.468 e. The Balaban J connectivity index is 1.88. The second-order valence-corrected chi connectivity index (χ2v) is 13.1. The molecule has 6 rings (SSSR count). The van der Waals surface area contributed by atoms with Crippen LogP contribution in [0.1, 0.15) is 21.8 Å². The molecule has 0 radical (unpaired) electrons. The molecule has 0 spiro atoms. The molecule has 214 valence electrons. The Bertz CT molecular complexity index is 1890. The van der Waals surface area contributed by atoms with Gasteiger partial charge in [-0.2, -0.15) is 0 Å². The lowest BCUT2D eigenvalue weighted by Crippen LogP contribution is -2.43. The van der Waals surface area contributed by atoms with Crippen LogP contribution in [0.5, 0.6) is 5.75 Å². The fourth-order valence-electron chi connectivity index (χ4n) is 5.77. The summed E-state index contributed by atoms with van der Waals surface area (Å²) in [7, 11) is 2.43. The van der Waals surface area contributed by atoms with E-state index in [1.807, 2.05) is 91.0 Å². The first-order chi connectivity index (χ1) is 20.9. The van der Waals surface area contributed by atoms with Crippen LogP contribution in [-0.4, -0.2) is 37.4 Å². The van der Waals surface area contributed by atoms with E-state index in [1.54, 1.807) is 0 Å². The molecule has 2 heterocycles. The highest BCUT2D eigenvalue weighted by Gasteiger charge is 2.47. The van der Waals surface area contributed by atoms with Gasteiger partial charge >= 0.3 is 23.5 Å². The lowest BCUT2D eigenvalue weighted by atomic mass is 9.90. The van der Waals surface area contributed by atoms with Crippen molar-refractivity contribution in [2.45, 2.75) is 5.92 Å². The van der Waals surface area contributed by atoms with Gasteiger partial charge in [0.15, 0.2) is 0 Å². The minimum atomic E-state index is -3.16. The highest BCUT2D eigenvalue weighted by molar-refractivity contribution is 7.96. The van der Waals surface area contributed by atoms with E-state index in [2.05, 4.69) is 0 Å². The maximum atomic E-state index is 14.4. The van der Waals surface area contributed by atoms with E-state index in [-0.39, 0.29) is 33.1 Å². The molecule has 1 atom stereocenters. The summed E-state index contributed by atoms with van der Waals surface area (Å²) in [5, 5.41) is 2.77. The molecule has 1 aliphatic rings. The van der Waals surface area contributed by atoms with Gasteiger partial charge in [-0.05, 0) is 34.9 Å². The van der Waals surface area contributed by atoms with Crippen LogP contribution < -0.4 is 26.3 Å².